The van der Waals surface area contributed by atoms with E-state index in [0.29, 0.717) is 16.6 Å². The van der Waals surface area contributed by atoms with Gasteiger partial charge in [-0.05, 0) is 36.8 Å². The molecular formula is C20H20ClN5. The van der Waals surface area contributed by atoms with E-state index in [2.05, 4.69) is 31.3 Å². The van der Waals surface area contributed by atoms with Gasteiger partial charge in [0, 0.05) is 17.1 Å². The molecule has 1 aliphatic carbocycles. The number of nitrogens with zero attached hydrogens (tertiary/aromatic N) is 5. The fourth-order valence-electron chi connectivity index (χ4n) is 3.78. The number of hydrogen-bond acceptors (Lipinski definition) is 3. The summed E-state index contributed by atoms with van der Waals surface area (Å²) in [7, 11) is 0. The summed E-state index contributed by atoms with van der Waals surface area (Å²) in [4.78, 5) is 16.6. The summed E-state index contributed by atoms with van der Waals surface area (Å²) >= 11 is 6.18. The van der Waals surface area contributed by atoms with Crippen LogP contribution in [-0.4, -0.2) is 19.5 Å². The molecule has 6 heteroatoms. The Hall–Kier alpha value is -2.45. The van der Waals surface area contributed by atoms with Gasteiger partial charge in [-0.2, -0.15) is 0 Å². The Morgan fingerprint density at radius 3 is 2.77 bits per heavy atom. The smallest absolute Gasteiger partial charge is 0.374 e. The maximum absolute atomic E-state index is 7.29. The lowest BCUT2D eigenvalue weighted by atomic mass is 9.83. The van der Waals surface area contributed by atoms with Gasteiger partial charge in [0.1, 0.15) is 5.52 Å². The van der Waals surface area contributed by atoms with Crippen LogP contribution >= 0.6 is 11.6 Å². The highest BCUT2D eigenvalue weighted by molar-refractivity contribution is 6.30. The van der Waals surface area contributed by atoms with E-state index < -0.39 is 0 Å². The Labute approximate surface area is 157 Å². The normalized spacial score (nSPS) is 20.2. The molecule has 0 amide bonds. The van der Waals surface area contributed by atoms with Gasteiger partial charge in [0.05, 0.1) is 6.33 Å². The van der Waals surface area contributed by atoms with E-state index in [1.807, 2.05) is 30.6 Å². The first-order chi connectivity index (χ1) is 12.6. The Kier molecular flexibility index (Phi) is 4.60. The number of rotatable bonds is 3. The van der Waals surface area contributed by atoms with Gasteiger partial charge in [-0.3, -0.25) is 0 Å². The fourth-order valence-corrected chi connectivity index (χ4v) is 3.97. The molecule has 0 aliphatic heterocycles. The molecule has 2 aromatic heterocycles. The average molecular weight is 366 g/mol. The van der Waals surface area contributed by atoms with Crippen LogP contribution in [0.25, 0.3) is 27.3 Å². The van der Waals surface area contributed by atoms with Gasteiger partial charge in [0.15, 0.2) is 5.69 Å². The number of halogens is 1. The second-order valence-corrected chi connectivity index (χ2v) is 7.63. The molecule has 5 nitrogen and oxygen atoms in total. The molecule has 0 bridgehead atoms. The highest BCUT2D eigenvalue weighted by atomic mass is 35.5. The van der Waals surface area contributed by atoms with Crippen molar-refractivity contribution >= 4 is 28.7 Å². The predicted molar refractivity (Wildman–Crippen MR) is 103 cm³/mol. The van der Waals surface area contributed by atoms with E-state index >= 15 is 0 Å². The Balaban J connectivity index is 1.79. The van der Waals surface area contributed by atoms with Crippen LogP contribution in [-0.2, 0) is 6.54 Å². The zero-order chi connectivity index (χ0) is 18.1. The Bertz CT molecular complexity index is 980. The van der Waals surface area contributed by atoms with E-state index in [1.165, 1.54) is 25.7 Å². The lowest BCUT2D eigenvalue weighted by Gasteiger charge is -2.26. The highest BCUT2D eigenvalue weighted by Gasteiger charge is 2.23. The summed E-state index contributed by atoms with van der Waals surface area (Å²) < 4.78 is 2.15. The van der Waals surface area contributed by atoms with Crippen molar-refractivity contribution in [2.24, 2.45) is 11.8 Å². The molecule has 0 spiro atoms. The molecule has 0 radical (unpaired) electrons. The van der Waals surface area contributed by atoms with Crippen molar-refractivity contribution in [1.29, 1.82) is 0 Å². The molecule has 0 saturated heterocycles. The van der Waals surface area contributed by atoms with E-state index in [0.717, 1.165) is 29.2 Å². The van der Waals surface area contributed by atoms with Crippen molar-refractivity contribution in [1.82, 2.24) is 19.5 Å². The van der Waals surface area contributed by atoms with Gasteiger partial charge >= 0.3 is 5.95 Å². The van der Waals surface area contributed by atoms with Crippen molar-refractivity contribution in [3.8, 4) is 11.3 Å². The van der Waals surface area contributed by atoms with Crippen molar-refractivity contribution in [2.75, 3.05) is 0 Å². The first-order valence-electron chi connectivity index (χ1n) is 9.00. The van der Waals surface area contributed by atoms with Crippen LogP contribution in [0.5, 0.6) is 0 Å². The lowest BCUT2D eigenvalue weighted by molar-refractivity contribution is 0.266. The first kappa shape index (κ1) is 17.0. The third-order valence-electron chi connectivity index (χ3n) is 5.25. The van der Waals surface area contributed by atoms with Gasteiger partial charge in [-0.1, -0.05) is 43.5 Å². The van der Waals surface area contributed by atoms with Gasteiger partial charge in [-0.25, -0.2) is 4.98 Å². The lowest BCUT2D eigenvalue weighted by Crippen LogP contribution is -2.17. The predicted octanol–water partition coefficient (Wildman–Crippen LogP) is 5.52. The molecular weight excluding hydrogens is 346 g/mol. The topological polar surface area (TPSA) is 48.0 Å². The summed E-state index contributed by atoms with van der Waals surface area (Å²) in [5.74, 6) is 1.60. The molecule has 2 heterocycles. The fraction of sp³-hybridized carbons (Fsp3) is 0.400. The van der Waals surface area contributed by atoms with E-state index in [1.54, 1.807) is 0 Å². The number of fused-ring (bicyclic) bond motifs is 1. The number of benzene rings is 1. The van der Waals surface area contributed by atoms with E-state index in [-0.39, 0.29) is 5.95 Å². The molecule has 1 fully saturated rings. The Morgan fingerprint density at radius 2 is 2.04 bits per heavy atom. The minimum atomic E-state index is 0.115. The molecule has 3 aromatic rings. The van der Waals surface area contributed by atoms with Crippen LogP contribution in [0, 0.1) is 18.4 Å². The zero-order valence-electron chi connectivity index (χ0n) is 14.7. The molecule has 0 N–H and O–H groups in total. The minimum Gasteiger partial charge on any atom is -0.394 e. The standard InChI is InChI=1S/C20H20ClN5/c1-13-6-8-14(9-7-13)11-26-12-23-19-18(26)17(24-20(22-2)25-19)15-4-3-5-16(21)10-15/h3-5,10,12-14H,6-9,11H2,1H3. The summed E-state index contributed by atoms with van der Waals surface area (Å²) in [5.41, 5.74) is 3.07. The Morgan fingerprint density at radius 1 is 1.23 bits per heavy atom. The SMILES string of the molecule is [C-]#[N+]c1nc(-c2cccc(Cl)c2)c2c(ncn2CC2CCC(C)CC2)n1. The quantitative estimate of drug-likeness (QED) is 0.574. The first-order valence-corrected chi connectivity index (χ1v) is 9.38. The summed E-state index contributed by atoms with van der Waals surface area (Å²) in [6.45, 7) is 10.5. The third-order valence-corrected chi connectivity index (χ3v) is 5.48. The third kappa shape index (κ3) is 3.30. The second kappa shape index (κ2) is 7.05. The molecule has 0 atom stereocenters. The molecule has 1 saturated carbocycles. The molecule has 0 unspecified atom stereocenters. The van der Waals surface area contributed by atoms with Crippen LogP contribution in [0.1, 0.15) is 32.6 Å². The molecule has 1 aliphatic rings. The van der Waals surface area contributed by atoms with Gasteiger partial charge in [0.25, 0.3) is 0 Å². The summed E-state index contributed by atoms with van der Waals surface area (Å²) in [5, 5.41) is 0.644. The van der Waals surface area contributed by atoms with Gasteiger partial charge in [-0.15, -0.1) is 16.5 Å². The van der Waals surface area contributed by atoms with Gasteiger partial charge in [0.2, 0.25) is 5.65 Å². The molecule has 1 aromatic carbocycles. The molecule has 4 rings (SSSR count). The van der Waals surface area contributed by atoms with Crippen LogP contribution in [0.4, 0.5) is 5.95 Å². The van der Waals surface area contributed by atoms with Crippen LogP contribution in [0.2, 0.25) is 5.02 Å². The molecule has 26 heavy (non-hydrogen) atoms. The largest absolute Gasteiger partial charge is 0.394 e. The van der Waals surface area contributed by atoms with Crippen LogP contribution < -0.4 is 0 Å². The maximum Gasteiger partial charge on any atom is 0.374 e. The second-order valence-electron chi connectivity index (χ2n) is 7.19. The van der Waals surface area contributed by atoms with Crippen molar-refractivity contribution in [2.45, 2.75) is 39.2 Å². The number of imidazole rings is 1. The van der Waals surface area contributed by atoms with E-state index in [4.69, 9.17) is 18.2 Å². The van der Waals surface area contributed by atoms with Crippen molar-refractivity contribution in [3.63, 3.8) is 0 Å². The molecule has 132 valence electrons. The maximum atomic E-state index is 7.29. The van der Waals surface area contributed by atoms with E-state index in [9.17, 15) is 0 Å². The van der Waals surface area contributed by atoms with Gasteiger partial charge < -0.3 is 9.41 Å². The highest BCUT2D eigenvalue weighted by Crippen LogP contribution is 2.33. The minimum absolute atomic E-state index is 0.115. The monoisotopic (exact) mass is 365 g/mol. The average Bonchev–Trinajstić information content (AvgIpc) is 3.05. The summed E-state index contributed by atoms with van der Waals surface area (Å²) in [6, 6.07) is 7.56. The number of hydrogen-bond donors (Lipinski definition) is 0. The van der Waals surface area contributed by atoms with Crippen LogP contribution in [0.15, 0.2) is 30.6 Å². The van der Waals surface area contributed by atoms with Crippen molar-refractivity contribution in [3.05, 3.63) is 47.0 Å². The van der Waals surface area contributed by atoms with Crippen LogP contribution in [0.3, 0.4) is 0 Å². The summed E-state index contributed by atoms with van der Waals surface area (Å²) in [6.07, 6.45) is 6.90. The number of aromatic nitrogens is 4. The zero-order valence-corrected chi connectivity index (χ0v) is 15.4. The van der Waals surface area contributed by atoms with Crippen molar-refractivity contribution < 1.29 is 0 Å².